The molecule has 2 amide bonds. The van der Waals surface area contributed by atoms with Crippen LogP contribution in [0.1, 0.15) is 39.1 Å². The number of nitrogens with zero attached hydrogens (tertiary/aromatic N) is 2. The van der Waals surface area contributed by atoms with E-state index in [2.05, 4.69) is 26.2 Å². The van der Waals surface area contributed by atoms with Gasteiger partial charge in [0, 0.05) is 46.4 Å². The van der Waals surface area contributed by atoms with Gasteiger partial charge in [0.15, 0.2) is 5.78 Å². The number of halogens is 1. The normalized spacial score (nSPS) is 15.3. The third-order valence-electron chi connectivity index (χ3n) is 6.10. The molecule has 1 saturated heterocycles. The third-order valence-corrected chi connectivity index (χ3v) is 6.57. The summed E-state index contributed by atoms with van der Waals surface area (Å²) in [5.41, 5.74) is 3.55. The number of aromatic nitrogens is 1. The molecule has 0 saturated carbocycles. The molecule has 0 unspecified atom stereocenters. The van der Waals surface area contributed by atoms with Crippen molar-refractivity contribution in [2.45, 2.75) is 12.8 Å². The van der Waals surface area contributed by atoms with Crippen molar-refractivity contribution in [1.29, 1.82) is 0 Å². The fraction of sp³-hybridized carbons (Fsp3) is 0.200. The van der Waals surface area contributed by atoms with Crippen molar-refractivity contribution >= 4 is 39.3 Å². The fourth-order valence-electron chi connectivity index (χ4n) is 4.37. The van der Waals surface area contributed by atoms with E-state index in [0.717, 1.165) is 15.6 Å². The molecule has 160 valence electrons. The van der Waals surface area contributed by atoms with Crippen molar-refractivity contribution in [3.05, 3.63) is 82.0 Å². The zero-order valence-corrected chi connectivity index (χ0v) is 18.8. The Bertz CT molecular complexity index is 1230. The van der Waals surface area contributed by atoms with Gasteiger partial charge in [0.1, 0.15) is 5.82 Å². The molecule has 0 radical (unpaired) electrons. The summed E-state index contributed by atoms with van der Waals surface area (Å²) < 4.78 is 0.847. The first-order valence-corrected chi connectivity index (χ1v) is 11.3. The SMILES string of the molecule is O=C1c2ccccc2-c2ccc(C(=O)N3CCC(C(=O)Nc4ccc(Br)cn4)CC3)cc21. The number of hydrogen-bond donors (Lipinski definition) is 1. The average Bonchev–Trinajstić information content (AvgIpc) is 3.12. The molecule has 1 N–H and O–H groups in total. The predicted molar refractivity (Wildman–Crippen MR) is 125 cm³/mol. The largest absolute Gasteiger partial charge is 0.339 e. The summed E-state index contributed by atoms with van der Waals surface area (Å²) in [6.07, 6.45) is 2.81. The van der Waals surface area contributed by atoms with Crippen LogP contribution in [0.2, 0.25) is 0 Å². The van der Waals surface area contributed by atoms with E-state index in [1.165, 1.54) is 0 Å². The summed E-state index contributed by atoms with van der Waals surface area (Å²) in [6.45, 7) is 0.992. The van der Waals surface area contributed by atoms with Crippen molar-refractivity contribution in [2.75, 3.05) is 18.4 Å². The maximum atomic E-state index is 13.1. The van der Waals surface area contributed by atoms with Crippen LogP contribution in [0.4, 0.5) is 5.82 Å². The van der Waals surface area contributed by atoms with Gasteiger partial charge in [-0.25, -0.2) is 4.98 Å². The molecular weight excluding hydrogens is 470 g/mol. The zero-order valence-electron chi connectivity index (χ0n) is 17.2. The number of rotatable bonds is 3. The molecule has 1 aliphatic carbocycles. The van der Waals surface area contributed by atoms with Gasteiger partial charge in [0.2, 0.25) is 5.91 Å². The van der Waals surface area contributed by atoms with Gasteiger partial charge in [-0.2, -0.15) is 0 Å². The Morgan fingerprint density at radius 2 is 1.66 bits per heavy atom. The van der Waals surface area contributed by atoms with Gasteiger partial charge in [-0.3, -0.25) is 14.4 Å². The lowest BCUT2D eigenvalue weighted by Gasteiger charge is -2.31. The van der Waals surface area contributed by atoms with E-state index in [4.69, 9.17) is 0 Å². The lowest BCUT2D eigenvalue weighted by atomic mass is 9.95. The Balaban J connectivity index is 1.24. The number of pyridine rings is 1. The van der Waals surface area contributed by atoms with Crippen molar-refractivity contribution in [3.8, 4) is 11.1 Å². The predicted octanol–water partition coefficient (Wildman–Crippen LogP) is 4.55. The number of piperidine rings is 1. The van der Waals surface area contributed by atoms with Gasteiger partial charge in [-0.15, -0.1) is 0 Å². The van der Waals surface area contributed by atoms with Crippen LogP contribution in [0.25, 0.3) is 11.1 Å². The van der Waals surface area contributed by atoms with Gasteiger partial charge < -0.3 is 10.2 Å². The van der Waals surface area contributed by atoms with Crippen LogP contribution in [-0.2, 0) is 4.79 Å². The Morgan fingerprint density at radius 1 is 0.938 bits per heavy atom. The molecule has 1 aromatic heterocycles. The summed E-state index contributed by atoms with van der Waals surface area (Å²) in [5.74, 6) is 0.126. The number of amides is 2. The lowest BCUT2D eigenvalue weighted by Crippen LogP contribution is -2.41. The zero-order chi connectivity index (χ0) is 22.2. The lowest BCUT2D eigenvalue weighted by molar-refractivity contribution is -0.121. The minimum absolute atomic E-state index is 0.0396. The van der Waals surface area contributed by atoms with Gasteiger partial charge in [0.25, 0.3) is 5.91 Å². The van der Waals surface area contributed by atoms with Crippen molar-refractivity contribution < 1.29 is 14.4 Å². The van der Waals surface area contributed by atoms with E-state index < -0.39 is 0 Å². The van der Waals surface area contributed by atoms with Gasteiger partial charge in [0.05, 0.1) is 0 Å². The number of anilines is 1. The first-order valence-electron chi connectivity index (χ1n) is 10.5. The van der Waals surface area contributed by atoms with Crippen LogP contribution < -0.4 is 5.32 Å². The molecule has 2 aliphatic rings. The molecule has 7 heteroatoms. The molecule has 3 aromatic rings. The van der Waals surface area contributed by atoms with Crippen molar-refractivity contribution in [3.63, 3.8) is 0 Å². The smallest absolute Gasteiger partial charge is 0.253 e. The first-order chi connectivity index (χ1) is 15.5. The Morgan fingerprint density at radius 3 is 2.38 bits per heavy atom. The molecule has 5 rings (SSSR count). The van der Waals surface area contributed by atoms with Gasteiger partial charge in [-0.05, 0) is 64.2 Å². The number of hydrogen-bond acceptors (Lipinski definition) is 4. The van der Waals surface area contributed by atoms with E-state index in [1.54, 1.807) is 29.3 Å². The van der Waals surface area contributed by atoms with E-state index in [9.17, 15) is 14.4 Å². The molecule has 2 heterocycles. The summed E-state index contributed by atoms with van der Waals surface area (Å²) in [4.78, 5) is 44.3. The second-order valence-electron chi connectivity index (χ2n) is 8.05. The summed E-state index contributed by atoms with van der Waals surface area (Å²) in [7, 11) is 0. The number of nitrogens with one attached hydrogen (secondary N) is 1. The maximum absolute atomic E-state index is 13.1. The second-order valence-corrected chi connectivity index (χ2v) is 8.97. The Hall–Kier alpha value is -3.32. The van der Waals surface area contributed by atoms with Crippen molar-refractivity contribution in [2.24, 2.45) is 5.92 Å². The minimum Gasteiger partial charge on any atom is -0.339 e. The van der Waals surface area contributed by atoms with Gasteiger partial charge >= 0.3 is 0 Å². The molecule has 1 fully saturated rings. The van der Waals surface area contributed by atoms with E-state index >= 15 is 0 Å². The summed E-state index contributed by atoms with van der Waals surface area (Å²) in [6, 6.07) is 16.4. The molecule has 6 nitrogen and oxygen atoms in total. The first kappa shape index (κ1) is 20.6. The monoisotopic (exact) mass is 489 g/mol. The molecular formula is C25H20BrN3O3. The average molecular weight is 490 g/mol. The highest BCUT2D eigenvalue weighted by atomic mass is 79.9. The van der Waals surface area contributed by atoms with Crippen LogP contribution in [-0.4, -0.2) is 40.6 Å². The van der Waals surface area contributed by atoms with Crippen molar-refractivity contribution in [1.82, 2.24) is 9.88 Å². The number of carbonyl (C=O) groups is 3. The highest BCUT2D eigenvalue weighted by Gasteiger charge is 2.30. The maximum Gasteiger partial charge on any atom is 0.253 e. The highest BCUT2D eigenvalue weighted by Crippen LogP contribution is 2.37. The van der Waals surface area contributed by atoms with E-state index in [-0.39, 0.29) is 23.5 Å². The topological polar surface area (TPSA) is 79.4 Å². The van der Waals surface area contributed by atoms with Crippen LogP contribution in [0.5, 0.6) is 0 Å². The summed E-state index contributed by atoms with van der Waals surface area (Å²) >= 11 is 3.32. The standard InChI is InChI=1S/C25H20BrN3O3/c26-17-6-8-22(27-14-17)28-24(31)15-9-11-29(12-10-15)25(32)16-5-7-19-18-3-1-2-4-20(18)23(30)21(19)13-16/h1-8,13-15H,9-12H2,(H,27,28,31). The number of benzene rings is 2. The number of ketones is 1. The fourth-order valence-corrected chi connectivity index (χ4v) is 4.60. The van der Waals surface area contributed by atoms with Gasteiger partial charge in [-0.1, -0.05) is 30.3 Å². The van der Waals surface area contributed by atoms with Crippen LogP contribution in [0.3, 0.4) is 0 Å². The molecule has 0 bridgehead atoms. The molecule has 0 atom stereocenters. The molecule has 0 spiro atoms. The number of likely N-dealkylation sites (tertiary alicyclic amines) is 1. The minimum atomic E-state index is -0.166. The number of fused-ring (bicyclic) bond motifs is 3. The van der Waals surface area contributed by atoms with Crippen LogP contribution in [0, 0.1) is 5.92 Å². The number of carbonyl (C=O) groups excluding carboxylic acids is 3. The third kappa shape index (κ3) is 3.73. The molecule has 32 heavy (non-hydrogen) atoms. The Kier molecular flexibility index (Phi) is 5.35. The van der Waals surface area contributed by atoms with Crippen LogP contribution >= 0.6 is 15.9 Å². The van der Waals surface area contributed by atoms with E-state index in [0.29, 0.717) is 48.4 Å². The quantitative estimate of drug-likeness (QED) is 0.457. The second kappa shape index (κ2) is 8.31. The molecule has 1 aliphatic heterocycles. The van der Waals surface area contributed by atoms with Crippen LogP contribution in [0.15, 0.2) is 65.3 Å². The Labute approximate surface area is 193 Å². The molecule has 2 aromatic carbocycles. The highest BCUT2D eigenvalue weighted by molar-refractivity contribution is 9.10. The van der Waals surface area contributed by atoms with E-state index in [1.807, 2.05) is 36.4 Å². The summed E-state index contributed by atoms with van der Waals surface area (Å²) in [5, 5.41) is 2.84.